The topological polar surface area (TPSA) is 66.8 Å². The van der Waals surface area contributed by atoms with Crippen LogP contribution in [0.15, 0.2) is 24.3 Å². The first-order chi connectivity index (χ1) is 8.52. The molecule has 0 aliphatic rings. The molecule has 0 radical (unpaired) electrons. The van der Waals surface area contributed by atoms with E-state index < -0.39 is 12.1 Å². The SMILES string of the molecule is CC(C)OC(Cc1ccc(CCO)cc1)C(=O)O. The van der Waals surface area contributed by atoms with Crippen molar-refractivity contribution < 1.29 is 19.7 Å². The van der Waals surface area contributed by atoms with E-state index in [2.05, 4.69) is 0 Å². The summed E-state index contributed by atoms with van der Waals surface area (Å²) < 4.78 is 5.35. The van der Waals surface area contributed by atoms with Gasteiger partial charge in [0.2, 0.25) is 0 Å². The van der Waals surface area contributed by atoms with Gasteiger partial charge >= 0.3 is 5.97 Å². The summed E-state index contributed by atoms with van der Waals surface area (Å²) in [6.07, 6.45) is 0.0476. The molecule has 18 heavy (non-hydrogen) atoms. The van der Waals surface area contributed by atoms with Crippen molar-refractivity contribution in [3.05, 3.63) is 35.4 Å². The number of aliphatic hydroxyl groups excluding tert-OH is 1. The molecule has 4 nitrogen and oxygen atoms in total. The third kappa shape index (κ3) is 4.85. The monoisotopic (exact) mass is 252 g/mol. The highest BCUT2D eigenvalue weighted by atomic mass is 16.5. The quantitative estimate of drug-likeness (QED) is 0.774. The van der Waals surface area contributed by atoms with Gasteiger partial charge in [-0.25, -0.2) is 4.79 Å². The Labute approximate surface area is 107 Å². The molecule has 0 saturated carbocycles. The number of hydrogen-bond donors (Lipinski definition) is 2. The minimum Gasteiger partial charge on any atom is -0.479 e. The Morgan fingerprint density at radius 1 is 1.22 bits per heavy atom. The van der Waals surface area contributed by atoms with Crippen molar-refractivity contribution in [2.75, 3.05) is 6.61 Å². The average Bonchev–Trinajstić information content (AvgIpc) is 2.30. The molecular weight excluding hydrogens is 232 g/mol. The molecule has 1 aromatic carbocycles. The maximum Gasteiger partial charge on any atom is 0.333 e. The average molecular weight is 252 g/mol. The molecule has 1 aromatic rings. The third-order valence-corrected chi connectivity index (χ3v) is 2.56. The smallest absolute Gasteiger partial charge is 0.333 e. The number of ether oxygens (including phenoxy) is 1. The molecule has 0 saturated heterocycles. The van der Waals surface area contributed by atoms with Gasteiger partial charge in [-0.2, -0.15) is 0 Å². The Morgan fingerprint density at radius 2 is 1.78 bits per heavy atom. The number of hydrogen-bond acceptors (Lipinski definition) is 3. The second-order valence-electron chi connectivity index (χ2n) is 4.51. The molecule has 100 valence electrons. The lowest BCUT2D eigenvalue weighted by Gasteiger charge is -2.16. The van der Waals surface area contributed by atoms with Crippen molar-refractivity contribution in [3.8, 4) is 0 Å². The highest BCUT2D eigenvalue weighted by Crippen LogP contribution is 2.11. The lowest BCUT2D eigenvalue weighted by atomic mass is 10.0. The van der Waals surface area contributed by atoms with Crippen LogP contribution in [0.5, 0.6) is 0 Å². The molecule has 1 rings (SSSR count). The zero-order valence-electron chi connectivity index (χ0n) is 10.8. The van der Waals surface area contributed by atoms with Crippen LogP contribution in [0.4, 0.5) is 0 Å². The van der Waals surface area contributed by atoms with Crippen molar-refractivity contribution in [3.63, 3.8) is 0 Å². The summed E-state index contributed by atoms with van der Waals surface area (Å²) >= 11 is 0. The van der Waals surface area contributed by atoms with E-state index in [0.29, 0.717) is 12.8 Å². The molecule has 4 heteroatoms. The molecule has 0 fully saturated rings. The van der Waals surface area contributed by atoms with Crippen LogP contribution in [0.2, 0.25) is 0 Å². The highest BCUT2D eigenvalue weighted by Gasteiger charge is 2.19. The van der Waals surface area contributed by atoms with E-state index in [-0.39, 0.29) is 12.7 Å². The second-order valence-corrected chi connectivity index (χ2v) is 4.51. The van der Waals surface area contributed by atoms with Crippen molar-refractivity contribution in [1.29, 1.82) is 0 Å². The molecule has 0 heterocycles. The molecule has 0 aliphatic heterocycles. The predicted molar refractivity (Wildman–Crippen MR) is 68.6 cm³/mol. The predicted octanol–water partition coefficient (Wildman–Crippen LogP) is 1.64. The largest absolute Gasteiger partial charge is 0.479 e. The number of aliphatic hydroxyl groups is 1. The van der Waals surface area contributed by atoms with Crippen LogP contribution >= 0.6 is 0 Å². The third-order valence-electron chi connectivity index (χ3n) is 2.56. The number of carboxylic acids is 1. The van der Waals surface area contributed by atoms with E-state index >= 15 is 0 Å². The molecule has 1 atom stereocenters. The van der Waals surface area contributed by atoms with Gasteiger partial charge in [-0.3, -0.25) is 0 Å². The number of rotatable bonds is 7. The van der Waals surface area contributed by atoms with Crippen LogP contribution in [-0.4, -0.2) is 35.0 Å². The molecule has 0 aromatic heterocycles. The summed E-state index contributed by atoms with van der Waals surface area (Å²) in [5, 5.41) is 17.9. The van der Waals surface area contributed by atoms with E-state index in [9.17, 15) is 4.79 Å². The van der Waals surface area contributed by atoms with E-state index in [4.69, 9.17) is 14.9 Å². The van der Waals surface area contributed by atoms with Crippen molar-refractivity contribution in [2.24, 2.45) is 0 Å². The van der Waals surface area contributed by atoms with E-state index in [1.165, 1.54) is 0 Å². The lowest BCUT2D eigenvalue weighted by Crippen LogP contribution is -2.29. The Balaban J connectivity index is 2.66. The minimum atomic E-state index is -0.942. The minimum absolute atomic E-state index is 0.111. The van der Waals surface area contributed by atoms with E-state index in [0.717, 1.165) is 11.1 Å². The van der Waals surface area contributed by atoms with Crippen LogP contribution in [-0.2, 0) is 22.4 Å². The molecule has 0 aliphatic carbocycles. The Bertz CT molecular complexity index is 370. The first-order valence-corrected chi connectivity index (χ1v) is 6.10. The summed E-state index contributed by atoms with van der Waals surface area (Å²) in [6.45, 7) is 3.76. The van der Waals surface area contributed by atoms with Crippen molar-refractivity contribution in [2.45, 2.75) is 38.9 Å². The fraction of sp³-hybridized carbons (Fsp3) is 0.500. The summed E-state index contributed by atoms with van der Waals surface area (Å²) in [7, 11) is 0. The Hall–Kier alpha value is -1.39. The second kappa shape index (κ2) is 7.13. The van der Waals surface area contributed by atoms with E-state index in [1.807, 2.05) is 38.1 Å². The van der Waals surface area contributed by atoms with Gasteiger partial charge in [0, 0.05) is 13.0 Å². The summed E-state index contributed by atoms with van der Waals surface area (Å²) in [5.74, 6) is -0.942. The fourth-order valence-electron chi connectivity index (χ4n) is 1.71. The van der Waals surface area contributed by atoms with Crippen LogP contribution in [0.25, 0.3) is 0 Å². The van der Waals surface area contributed by atoms with Gasteiger partial charge in [0.15, 0.2) is 6.10 Å². The van der Waals surface area contributed by atoms with Gasteiger partial charge in [0.1, 0.15) is 0 Å². The zero-order chi connectivity index (χ0) is 13.5. The molecule has 1 unspecified atom stereocenters. The van der Waals surface area contributed by atoms with Crippen LogP contribution in [0.3, 0.4) is 0 Å². The fourth-order valence-corrected chi connectivity index (χ4v) is 1.71. The first-order valence-electron chi connectivity index (χ1n) is 6.10. The van der Waals surface area contributed by atoms with Gasteiger partial charge in [0.05, 0.1) is 6.10 Å². The van der Waals surface area contributed by atoms with Crippen LogP contribution in [0.1, 0.15) is 25.0 Å². The molecular formula is C14H20O4. The summed E-state index contributed by atoms with van der Waals surface area (Å²) in [6, 6.07) is 7.56. The molecule has 0 amide bonds. The summed E-state index contributed by atoms with van der Waals surface area (Å²) in [4.78, 5) is 11.1. The van der Waals surface area contributed by atoms with Gasteiger partial charge in [-0.15, -0.1) is 0 Å². The normalized spacial score (nSPS) is 12.7. The van der Waals surface area contributed by atoms with Gasteiger partial charge in [-0.05, 0) is 31.4 Å². The van der Waals surface area contributed by atoms with Crippen LogP contribution in [0, 0.1) is 0 Å². The molecule has 0 bridgehead atoms. The van der Waals surface area contributed by atoms with Gasteiger partial charge < -0.3 is 14.9 Å². The van der Waals surface area contributed by atoms with Crippen molar-refractivity contribution in [1.82, 2.24) is 0 Å². The Kier molecular flexibility index (Phi) is 5.82. The highest BCUT2D eigenvalue weighted by molar-refractivity contribution is 5.72. The lowest BCUT2D eigenvalue weighted by molar-refractivity contribution is -0.153. The first kappa shape index (κ1) is 14.7. The summed E-state index contributed by atoms with van der Waals surface area (Å²) in [5.41, 5.74) is 1.96. The molecule has 0 spiro atoms. The maximum atomic E-state index is 11.1. The van der Waals surface area contributed by atoms with Gasteiger partial charge in [-0.1, -0.05) is 24.3 Å². The van der Waals surface area contributed by atoms with Crippen LogP contribution < -0.4 is 0 Å². The van der Waals surface area contributed by atoms with Gasteiger partial charge in [0.25, 0.3) is 0 Å². The van der Waals surface area contributed by atoms with Crippen molar-refractivity contribution >= 4 is 5.97 Å². The zero-order valence-corrected chi connectivity index (χ0v) is 10.8. The number of aliphatic carboxylic acids is 1. The standard InChI is InChI=1S/C14H20O4/c1-10(2)18-13(14(16)17)9-12-5-3-11(4-6-12)7-8-15/h3-6,10,13,15H,7-9H2,1-2H3,(H,16,17). The maximum absolute atomic E-state index is 11.1. The molecule has 2 N–H and O–H groups in total. The Morgan fingerprint density at radius 3 is 2.22 bits per heavy atom. The number of benzene rings is 1. The number of carboxylic acid groups (broad SMARTS) is 1. The number of carbonyl (C=O) groups is 1. The van der Waals surface area contributed by atoms with E-state index in [1.54, 1.807) is 0 Å².